The standard InChI is InChI=1S/C15H23N/c1-4-5-7-12-15(16-3)13(2)14-10-8-6-9-11-14/h4,6,8-11,13,15-16H,1,5,7,12H2,2-3H3. The SMILES string of the molecule is C=CCCCC(NC)C(C)c1ccccc1. The first-order chi connectivity index (χ1) is 7.79. The zero-order chi connectivity index (χ0) is 11.8. The molecular formula is C15H23N. The van der Waals surface area contributed by atoms with E-state index in [0.717, 1.165) is 6.42 Å². The number of allylic oxidation sites excluding steroid dienone is 1. The molecule has 1 nitrogen and oxygen atoms in total. The summed E-state index contributed by atoms with van der Waals surface area (Å²) in [4.78, 5) is 0. The smallest absolute Gasteiger partial charge is 0.0130 e. The van der Waals surface area contributed by atoms with Crippen molar-refractivity contribution >= 4 is 0 Å². The van der Waals surface area contributed by atoms with Gasteiger partial charge >= 0.3 is 0 Å². The van der Waals surface area contributed by atoms with Crippen molar-refractivity contribution in [2.24, 2.45) is 0 Å². The molecule has 0 amide bonds. The van der Waals surface area contributed by atoms with Crippen molar-refractivity contribution in [2.75, 3.05) is 7.05 Å². The molecule has 0 aliphatic carbocycles. The van der Waals surface area contributed by atoms with E-state index in [1.165, 1.54) is 18.4 Å². The van der Waals surface area contributed by atoms with E-state index in [9.17, 15) is 0 Å². The molecule has 2 unspecified atom stereocenters. The Hall–Kier alpha value is -1.08. The van der Waals surface area contributed by atoms with E-state index in [2.05, 4.69) is 56.2 Å². The summed E-state index contributed by atoms with van der Waals surface area (Å²) in [6.07, 6.45) is 5.53. The highest BCUT2D eigenvalue weighted by atomic mass is 14.9. The lowest BCUT2D eigenvalue weighted by Gasteiger charge is -2.23. The molecule has 0 fully saturated rings. The van der Waals surface area contributed by atoms with Gasteiger partial charge in [-0.25, -0.2) is 0 Å². The molecule has 1 aromatic rings. The molecule has 1 aromatic carbocycles. The average molecular weight is 217 g/mol. The average Bonchev–Trinajstić information content (AvgIpc) is 2.35. The molecule has 1 N–H and O–H groups in total. The van der Waals surface area contributed by atoms with Gasteiger partial charge in [-0.2, -0.15) is 0 Å². The van der Waals surface area contributed by atoms with E-state index in [-0.39, 0.29) is 0 Å². The molecule has 1 rings (SSSR count). The Morgan fingerprint density at radius 3 is 2.56 bits per heavy atom. The van der Waals surface area contributed by atoms with Gasteiger partial charge in [-0.3, -0.25) is 0 Å². The summed E-state index contributed by atoms with van der Waals surface area (Å²) in [7, 11) is 2.05. The van der Waals surface area contributed by atoms with Crippen LogP contribution >= 0.6 is 0 Å². The Kier molecular flexibility index (Phi) is 5.87. The van der Waals surface area contributed by atoms with Crippen molar-refractivity contribution in [2.45, 2.75) is 38.1 Å². The molecule has 0 saturated heterocycles. The topological polar surface area (TPSA) is 12.0 Å². The van der Waals surface area contributed by atoms with Gasteiger partial charge in [0.05, 0.1) is 0 Å². The normalized spacial score (nSPS) is 14.4. The lowest BCUT2D eigenvalue weighted by atomic mass is 9.90. The van der Waals surface area contributed by atoms with E-state index in [1.807, 2.05) is 6.08 Å². The molecule has 2 atom stereocenters. The number of hydrogen-bond acceptors (Lipinski definition) is 1. The minimum atomic E-state index is 0.558. The lowest BCUT2D eigenvalue weighted by Crippen LogP contribution is -2.30. The first-order valence-corrected chi connectivity index (χ1v) is 6.12. The largest absolute Gasteiger partial charge is 0.316 e. The molecule has 1 heteroatoms. The fourth-order valence-electron chi connectivity index (χ4n) is 2.12. The summed E-state index contributed by atoms with van der Waals surface area (Å²) < 4.78 is 0. The summed E-state index contributed by atoms with van der Waals surface area (Å²) in [6, 6.07) is 11.3. The van der Waals surface area contributed by atoms with Gasteiger partial charge in [-0.15, -0.1) is 6.58 Å². The second-order valence-electron chi connectivity index (χ2n) is 4.31. The van der Waals surface area contributed by atoms with E-state index >= 15 is 0 Å². The fraction of sp³-hybridized carbons (Fsp3) is 0.467. The van der Waals surface area contributed by atoms with Crippen LogP contribution in [0.1, 0.15) is 37.7 Å². The minimum absolute atomic E-state index is 0.558. The molecule has 0 aliphatic heterocycles. The molecule has 0 bridgehead atoms. The first kappa shape index (κ1) is 13.0. The molecule has 88 valence electrons. The van der Waals surface area contributed by atoms with Crippen LogP contribution < -0.4 is 5.32 Å². The minimum Gasteiger partial charge on any atom is -0.316 e. The van der Waals surface area contributed by atoms with Gasteiger partial charge in [0.25, 0.3) is 0 Å². The van der Waals surface area contributed by atoms with Crippen molar-refractivity contribution < 1.29 is 0 Å². The predicted octanol–water partition coefficient (Wildman–Crippen LogP) is 3.73. The second-order valence-corrected chi connectivity index (χ2v) is 4.31. The summed E-state index contributed by atoms with van der Waals surface area (Å²) in [6.45, 7) is 6.06. The molecule has 0 heterocycles. The third kappa shape index (κ3) is 3.82. The summed E-state index contributed by atoms with van der Waals surface area (Å²) in [5, 5.41) is 3.42. The Balaban J connectivity index is 2.55. The monoisotopic (exact) mass is 217 g/mol. The fourth-order valence-corrected chi connectivity index (χ4v) is 2.12. The van der Waals surface area contributed by atoms with Crippen LogP contribution in [0.25, 0.3) is 0 Å². The maximum Gasteiger partial charge on any atom is 0.0130 e. The number of hydrogen-bond donors (Lipinski definition) is 1. The van der Waals surface area contributed by atoms with Crippen LogP contribution in [0.3, 0.4) is 0 Å². The van der Waals surface area contributed by atoms with E-state index in [0.29, 0.717) is 12.0 Å². The molecular weight excluding hydrogens is 194 g/mol. The Bertz CT molecular complexity index is 292. The van der Waals surface area contributed by atoms with E-state index < -0.39 is 0 Å². The molecule has 0 spiro atoms. The summed E-state index contributed by atoms with van der Waals surface area (Å²) >= 11 is 0. The number of rotatable bonds is 7. The summed E-state index contributed by atoms with van der Waals surface area (Å²) in [5.41, 5.74) is 1.42. The van der Waals surface area contributed by atoms with Crippen LogP contribution in [0.15, 0.2) is 43.0 Å². The number of unbranched alkanes of at least 4 members (excludes halogenated alkanes) is 1. The molecule has 0 aliphatic rings. The second kappa shape index (κ2) is 7.24. The highest BCUT2D eigenvalue weighted by molar-refractivity contribution is 5.20. The molecule has 0 saturated carbocycles. The maximum absolute atomic E-state index is 3.77. The third-order valence-electron chi connectivity index (χ3n) is 3.22. The van der Waals surface area contributed by atoms with Crippen molar-refractivity contribution in [3.63, 3.8) is 0 Å². The van der Waals surface area contributed by atoms with Gasteiger partial charge in [0.2, 0.25) is 0 Å². The van der Waals surface area contributed by atoms with Crippen molar-refractivity contribution in [3.8, 4) is 0 Å². The zero-order valence-electron chi connectivity index (χ0n) is 10.4. The van der Waals surface area contributed by atoms with Crippen molar-refractivity contribution in [3.05, 3.63) is 48.6 Å². The zero-order valence-corrected chi connectivity index (χ0v) is 10.4. The van der Waals surface area contributed by atoms with Crippen LogP contribution in [0.5, 0.6) is 0 Å². The van der Waals surface area contributed by atoms with Gasteiger partial charge in [0.15, 0.2) is 0 Å². The van der Waals surface area contributed by atoms with E-state index in [4.69, 9.17) is 0 Å². The van der Waals surface area contributed by atoms with Gasteiger partial charge in [0.1, 0.15) is 0 Å². The Morgan fingerprint density at radius 2 is 2.00 bits per heavy atom. The van der Waals surface area contributed by atoms with Crippen molar-refractivity contribution in [1.29, 1.82) is 0 Å². The van der Waals surface area contributed by atoms with Crippen LogP contribution in [0.2, 0.25) is 0 Å². The molecule has 16 heavy (non-hydrogen) atoms. The van der Waals surface area contributed by atoms with Crippen LogP contribution in [0, 0.1) is 0 Å². The highest BCUT2D eigenvalue weighted by Gasteiger charge is 2.15. The quantitative estimate of drug-likeness (QED) is 0.542. The maximum atomic E-state index is 3.77. The predicted molar refractivity (Wildman–Crippen MR) is 71.8 cm³/mol. The van der Waals surface area contributed by atoms with Gasteiger partial charge in [-0.05, 0) is 37.8 Å². The number of benzene rings is 1. The molecule has 0 radical (unpaired) electrons. The van der Waals surface area contributed by atoms with E-state index in [1.54, 1.807) is 0 Å². The molecule has 0 aromatic heterocycles. The Morgan fingerprint density at radius 1 is 1.31 bits per heavy atom. The van der Waals surface area contributed by atoms with Crippen LogP contribution in [-0.4, -0.2) is 13.1 Å². The third-order valence-corrected chi connectivity index (χ3v) is 3.22. The first-order valence-electron chi connectivity index (χ1n) is 6.12. The van der Waals surface area contributed by atoms with Gasteiger partial charge in [-0.1, -0.05) is 43.3 Å². The van der Waals surface area contributed by atoms with Crippen molar-refractivity contribution in [1.82, 2.24) is 5.32 Å². The summed E-state index contributed by atoms with van der Waals surface area (Å²) in [5.74, 6) is 0.566. The Labute approximate surface area is 99.6 Å². The lowest BCUT2D eigenvalue weighted by molar-refractivity contribution is 0.445. The number of likely N-dealkylation sites (N-methyl/N-ethyl adjacent to an activating group) is 1. The van der Waals surface area contributed by atoms with Crippen LogP contribution in [0.4, 0.5) is 0 Å². The number of nitrogens with one attached hydrogen (secondary N) is 1. The van der Waals surface area contributed by atoms with Crippen LogP contribution in [-0.2, 0) is 0 Å². The van der Waals surface area contributed by atoms with Gasteiger partial charge in [0, 0.05) is 6.04 Å². The van der Waals surface area contributed by atoms with Gasteiger partial charge < -0.3 is 5.32 Å². The highest BCUT2D eigenvalue weighted by Crippen LogP contribution is 2.22.